The predicted molar refractivity (Wildman–Crippen MR) is 52.9 cm³/mol. The minimum atomic E-state index is -4.08. The van der Waals surface area contributed by atoms with E-state index in [0.717, 1.165) is 19.3 Å². The summed E-state index contributed by atoms with van der Waals surface area (Å²) in [6.45, 7) is 0. The third-order valence-corrected chi connectivity index (χ3v) is 2.86. The van der Waals surface area contributed by atoms with Crippen LogP contribution in [0.5, 0.6) is 0 Å². The van der Waals surface area contributed by atoms with Crippen LogP contribution in [0.25, 0.3) is 0 Å². The molecule has 0 aromatic rings. The standard InChI is InChI=1S/C9H18F2O3S.Na/c10-9(11)7-5-3-1-2-4-6-8-15(12,13)14;/h9H,1-8H2,(H,12,13,14);/q;+1/p-1. The first-order valence-corrected chi connectivity index (χ1v) is 6.71. The molecule has 7 heteroatoms. The van der Waals surface area contributed by atoms with Gasteiger partial charge in [-0.2, -0.15) is 0 Å². The van der Waals surface area contributed by atoms with E-state index < -0.39 is 16.5 Å². The molecule has 0 saturated carbocycles. The minimum Gasteiger partial charge on any atom is -0.748 e. The molecular weight excluding hydrogens is 249 g/mol. The molecule has 0 atom stereocenters. The second-order valence-corrected chi connectivity index (χ2v) is 5.09. The summed E-state index contributed by atoms with van der Waals surface area (Å²) >= 11 is 0. The SMILES string of the molecule is O=S(=O)([O-])CCCCCCCCC(F)F.[Na+]. The maximum absolute atomic E-state index is 11.7. The summed E-state index contributed by atoms with van der Waals surface area (Å²) in [6.07, 6.45) is 1.65. The first-order chi connectivity index (χ1) is 6.92. The Morgan fingerprint density at radius 3 is 1.81 bits per heavy atom. The molecule has 0 aromatic heterocycles. The van der Waals surface area contributed by atoms with Crippen molar-refractivity contribution in [2.24, 2.45) is 0 Å². The van der Waals surface area contributed by atoms with Gasteiger partial charge in [0.25, 0.3) is 0 Å². The van der Waals surface area contributed by atoms with Gasteiger partial charge in [-0.1, -0.05) is 25.7 Å². The molecule has 0 aliphatic carbocycles. The monoisotopic (exact) mass is 266 g/mol. The fourth-order valence-corrected chi connectivity index (χ4v) is 1.84. The topological polar surface area (TPSA) is 57.2 Å². The zero-order valence-corrected chi connectivity index (χ0v) is 12.4. The van der Waals surface area contributed by atoms with E-state index in [1.165, 1.54) is 0 Å². The Morgan fingerprint density at radius 2 is 1.38 bits per heavy atom. The Morgan fingerprint density at radius 1 is 0.938 bits per heavy atom. The molecule has 0 aliphatic rings. The molecule has 3 nitrogen and oxygen atoms in total. The Bertz CT molecular complexity index is 245. The van der Waals surface area contributed by atoms with E-state index in [9.17, 15) is 21.8 Å². The maximum atomic E-state index is 11.7. The maximum Gasteiger partial charge on any atom is 1.00 e. The first-order valence-electron chi connectivity index (χ1n) is 5.13. The van der Waals surface area contributed by atoms with Crippen molar-refractivity contribution in [2.75, 3.05) is 5.75 Å². The van der Waals surface area contributed by atoms with Gasteiger partial charge in [-0.3, -0.25) is 0 Å². The second kappa shape index (κ2) is 10.9. The normalized spacial score (nSPS) is 11.5. The quantitative estimate of drug-likeness (QED) is 0.322. The van der Waals surface area contributed by atoms with Crippen molar-refractivity contribution in [2.45, 2.75) is 51.4 Å². The number of hydrogen-bond acceptors (Lipinski definition) is 3. The van der Waals surface area contributed by atoms with Crippen LogP contribution < -0.4 is 29.6 Å². The fraction of sp³-hybridized carbons (Fsp3) is 1.00. The molecule has 0 heterocycles. The van der Waals surface area contributed by atoms with E-state index in [-0.39, 0.29) is 41.7 Å². The molecule has 0 aromatic carbocycles. The average molecular weight is 266 g/mol. The zero-order valence-electron chi connectivity index (χ0n) is 9.62. The zero-order chi connectivity index (χ0) is 11.7. The number of rotatable bonds is 9. The third kappa shape index (κ3) is 17.2. The molecule has 0 radical (unpaired) electrons. The van der Waals surface area contributed by atoms with Crippen LogP contribution in [-0.2, 0) is 10.1 Å². The van der Waals surface area contributed by atoms with Crippen LogP contribution in [0, 0.1) is 0 Å². The molecule has 0 spiro atoms. The van der Waals surface area contributed by atoms with Crippen LogP contribution in [0.4, 0.5) is 8.78 Å². The van der Waals surface area contributed by atoms with E-state index in [0.29, 0.717) is 19.3 Å². The van der Waals surface area contributed by atoms with Crippen molar-refractivity contribution >= 4 is 10.1 Å². The van der Waals surface area contributed by atoms with Gasteiger partial charge in [-0.05, 0) is 12.8 Å². The molecule has 0 N–H and O–H groups in total. The van der Waals surface area contributed by atoms with E-state index in [1.807, 2.05) is 0 Å². The molecule has 0 aliphatic heterocycles. The van der Waals surface area contributed by atoms with Gasteiger partial charge in [0.2, 0.25) is 6.43 Å². The summed E-state index contributed by atoms with van der Waals surface area (Å²) in [6, 6.07) is 0. The van der Waals surface area contributed by atoms with E-state index in [2.05, 4.69) is 0 Å². The number of hydrogen-bond donors (Lipinski definition) is 0. The molecule has 0 unspecified atom stereocenters. The van der Waals surface area contributed by atoms with Crippen LogP contribution >= 0.6 is 0 Å². The molecule has 16 heavy (non-hydrogen) atoms. The van der Waals surface area contributed by atoms with Gasteiger partial charge < -0.3 is 4.55 Å². The Balaban J connectivity index is 0. The Labute approximate surface area is 118 Å². The Kier molecular flexibility index (Phi) is 13.0. The predicted octanol–water partition coefficient (Wildman–Crippen LogP) is -0.469. The molecule has 0 bridgehead atoms. The summed E-state index contributed by atoms with van der Waals surface area (Å²) in [7, 11) is -4.08. The first kappa shape index (κ1) is 19.1. The van der Waals surface area contributed by atoms with E-state index >= 15 is 0 Å². The summed E-state index contributed by atoms with van der Waals surface area (Å²) in [5.74, 6) is -0.315. The number of halogens is 2. The van der Waals surface area contributed by atoms with Gasteiger partial charge in [0, 0.05) is 12.2 Å². The smallest absolute Gasteiger partial charge is 0.748 e. The molecule has 0 rings (SSSR count). The van der Waals surface area contributed by atoms with Crippen LogP contribution in [0.1, 0.15) is 44.9 Å². The summed E-state index contributed by atoms with van der Waals surface area (Å²) in [5, 5.41) is 0. The largest absolute Gasteiger partial charge is 1.00 e. The Hall–Kier alpha value is 0.770. The van der Waals surface area contributed by atoms with Gasteiger partial charge >= 0.3 is 29.6 Å². The molecular formula is C9H17F2NaO3S. The second-order valence-electron chi connectivity index (χ2n) is 3.56. The summed E-state index contributed by atoms with van der Waals surface area (Å²) in [5.41, 5.74) is 0. The fourth-order valence-electron chi connectivity index (χ4n) is 1.28. The third-order valence-electron chi connectivity index (χ3n) is 2.07. The van der Waals surface area contributed by atoms with Crippen LogP contribution in [-0.4, -0.2) is 25.1 Å². The van der Waals surface area contributed by atoms with Crippen molar-refractivity contribution in [3.05, 3.63) is 0 Å². The van der Waals surface area contributed by atoms with Gasteiger partial charge in [-0.15, -0.1) is 0 Å². The minimum absolute atomic E-state index is 0. The molecule has 0 saturated heterocycles. The number of alkyl halides is 2. The van der Waals surface area contributed by atoms with Gasteiger partial charge in [-0.25, -0.2) is 17.2 Å². The van der Waals surface area contributed by atoms with Crippen molar-refractivity contribution < 1.29 is 51.3 Å². The van der Waals surface area contributed by atoms with Crippen molar-refractivity contribution in [1.82, 2.24) is 0 Å². The van der Waals surface area contributed by atoms with Crippen molar-refractivity contribution in [1.29, 1.82) is 0 Å². The molecule has 92 valence electrons. The van der Waals surface area contributed by atoms with E-state index in [4.69, 9.17) is 0 Å². The molecule has 0 amide bonds. The van der Waals surface area contributed by atoms with Crippen LogP contribution in [0.2, 0.25) is 0 Å². The molecule has 0 fully saturated rings. The van der Waals surface area contributed by atoms with Crippen molar-refractivity contribution in [3.8, 4) is 0 Å². The summed E-state index contributed by atoms with van der Waals surface area (Å²) < 4.78 is 54.0. The van der Waals surface area contributed by atoms with Gasteiger partial charge in [0.15, 0.2) is 0 Å². The number of unbranched alkanes of at least 4 members (excludes halogenated alkanes) is 5. The van der Waals surface area contributed by atoms with Crippen LogP contribution in [0.3, 0.4) is 0 Å². The summed E-state index contributed by atoms with van der Waals surface area (Å²) in [4.78, 5) is 0. The van der Waals surface area contributed by atoms with Gasteiger partial charge in [0.1, 0.15) is 0 Å². The van der Waals surface area contributed by atoms with E-state index in [1.54, 1.807) is 0 Å². The van der Waals surface area contributed by atoms with Gasteiger partial charge in [0.05, 0.1) is 10.1 Å². The van der Waals surface area contributed by atoms with Crippen molar-refractivity contribution in [3.63, 3.8) is 0 Å². The van der Waals surface area contributed by atoms with Crippen LogP contribution in [0.15, 0.2) is 0 Å². The average Bonchev–Trinajstić information content (AvgIpc) is 2.07.